The number of ether oxygens (including phenoxy) is 10. The Balaban J connectivity index is 1.10. The molecule has 404 valence electrons. The Morgan fingerprint density at radius 2 is 0.769 bits per heavy atom. The minimum absolute atomic E-state index is 0.179. The topological polar surface area (TPSA) is 144 Å². The van der Waals surface area contributed by atoms with Gasteiger partial charge in [-0.05, 0) is 45.5 Å². The monoisotopic (exact) mass is 1070 g/mol. The fraction of sp³-hybridized carbons (Fsp3) is 0.297. The summed E-state index contributed by atoms with van der Waals surface area (Å²) in [6, 6.07) is 68.7. The minimum atomic E-state index is -1.47. The zero-order valence-corrected chi connectivity index (χ0v) is 44.5. The van der Waals surface area contributed by atoms with E-state index in [9.17, 15) is 14.4 Å². The molecule has 0 saturated carbocycles. The summed E-state index contributed by atoms with van der Waals surface area (Å²) in [4.78, 5) is 40.4. The zero-order valence-electron chi connectivity index (χ0n) is 43.7. The van der Waals surface area contributed by atoms with Crippen LogP contribution in [0.3, 0.4) is 0 Å². The second-order valence-electron chi connectivity index (χ2n) is 18.9. The predicted molar refractivity (Wildman–Crippen MR) is 292 cm³/mol. The second kappa shape index (κ2) is 27.6. The Kier molecular flexibility index (Phi) is 19.7. The summed E-state index contributed by atoms with van der Waals surface area (Å²) in [6.45, 7) is 3.85. The molecule has 2 heterocycles. The molecular formula is C64H64O13S. The van der Waals surface area contributed by atoms with Gasteiger partial charge in [-0.25, -0.2) is 0 Å². The highest BCUT2D eigenvalue weighted by molar-refractivity contribution is 7.99. The van der Waals surface area contributed by atoms with Gasteiger partial charge in [0.25, 0.3) is 0 Å². The summed E-state index contributed by atoms with van der Waals surface area (Å²) in [7, 11) is 0. The number of thioether (sulfide) groups is 1. The summed E-state index contributed by atoms with van der Waals surface area (Å²) >= 11 is 1.48. The van der Waals surface area contributed by atoms with Crippen LogP contribution in [0.5, 0.6) is 0 Å². The van der Waals surface area contributed by atoms with E-state index in [-0.39, 0.29) is 33.0 Å². The van der Waals surface area contributed by atoms with E-state index in [4.69, 9.17) is 47.4 Å². The molecule has 0 N–H and O–H groups in total. The van der Waals surface area contributed by atoms with Gasteiger partial charge in [0.2, 0.25) is 0 Å². The van der Waals surface area contributed by atoms with Gasteiger partial charge in [0.15, 0.2) is 24.6 Å². The summed E-state index contributed by atoms with van der Waals surface area (Å²) in [5.74, 6) is -2.16. The van der Waals surface area contributed by atoms with Crippen LogP contribution in [-0.2, 0) is 87.2 Å². The van der Waals surface area contributed by atoms with Crippen LogP contribution in [0.25, 0.3) is 0 Å². The van der Waals surface area contributed by atoms with E-state index in [1.807, 2.05) is 212 Å². The van der Waals surface area contributed by atoms with Crippen molar-refractivity contribution in [1.82, 2.24) is 0 Å². The number of benzene rings is 7. The Morgan fingerprint density at radius 3 is 1.22 bits per heavy atom. The number of carbonyl (C=O) groups is 3. The van der Waals surface area contributed by atoms with Gasteiger partial charge in [-0.2, -0.15) is 0 Å². The quantitative estimate of drug-likeness (QED) is 0.0340. The first-order valence-corrected chi connectivity index (χ1v) is 27.0. The van der Waals surface area contributed by atoms with E-state index >= 15 is 0 Å². The lowest BCUT2D eigenvalue weighted by molar-refractivity contribution is -0.322. The third kappa shape index (κ3) is 14.4. The summed E-state index contributed by atoms with van der Waals surface area (Å²) in [5.41, 5.74) is 3.29. The van der Waals surface area contributed by atoms with Gasteiger partial charge in [0.05, 0.1) is 33.0 Å². The molecular weight excluding hydrogens is 1010 g/mol. The van der Waals surface area contributed by atoms with Crippen molar-refractivity contribution in [2.24, 2.45) is 0 Å². The summed E-state index contributed by atoms with van der Waals surface area (Å²) in [5, 5.41) is 0. The Bertz CT molecular complexity index is 2830. The minimum Gasteiger partial charge on any atom is -0.456 e. The molecule has 0 unspecified atom stereocenters. The van der Waals surface area contributed by atoms with Crippen molar-refractivity contribution in [2.75, 3.05) is 13.2 Å². The maximum atomic E-state index is 13.2. The third-order valence-electron chi connectivity index (χ3n) is 13.4. The van der Waals surface area contributed by atoms with Crippen molar-refractivity contribution < 1.29 is 61.8 Å². The molecule has 10 atom stereocenters. The molecule has 0 spiro atoms. The molecule has 2 saturated heterocycles. The Hall–Kier alpha value is -6.98. The van der Waals surface area contributed by atoms with Gasteiger partial charge >= 0.3 is 17.9 Å². The molecule has 9 rings (SSSR count). The summed E-state index contributed by atoms with van der Waals surface area (Å²) in [6.07, 6.45) is -10.1. The third-order valence-corrected chi connectivity index (χ3v) is 14.5. The highest BCUT2D eigenvalue weighted by atomic mass is 32.2. The van der Waals surface area contributed by atoms with E-state index in [1.54, 1.807) is 0 Å². The fourth-order valence-electron chi connectivity index (χ4n) is 9.90. The normalized spacial score (nSPS) is 23.2. The van der Waals surface area contributed by atoms with Gasteiger partial charge in [-0.1, -0.05) is 212 Å². The highest BCUT2D eigenvalue weighted by Crippen LogP contribution is 2.43. The van der Waals surface area contributed by atoms with E-state index in [2.05, 4.69) is 0 Å². The van der Waals surface area contributed by atoms with Crippen molar-refractivity contribution in [2.45, 2.75) is 112 Å². The maximum Gasteiger partial charge on any atom is 0.303 e. The van der Waals surface area contributed by atoms with Crippen molar-refractivity contribution in [1.29, 1.82) is 0 Å². The number of hydrogen-bond donors (Lipinski definition) is 0. The van der Waals surface area contributed by atoms with Crippen LogP contribution in [0.15, 0.2) is 217 Å². The predicted octanol–water partition coefficient (Wildman–Crippen LogP) is 10.8. The van der Waals surface area contributed by atoms with E-state index in [1.165, 1.54) is 32.5 Å². The first-order chi connectivity index (χ1) is 38.1. The van der Waals surface area contributed by atoms with Gasteiger partial charge in [0.1, 0.15) is 41.6 Å². The molecule has 2 fully saturated rings. The van der Waals surface area contributed by atoms with Crippen LogP contribution in [0.4, 0.5) is 0 Å². The lowest BCUT2D eigenvalue weighted by Crippen LogP contribution is -2.64. The SMILES string of the molecule is CC(=O)O[C@@H]1[C@@H](OC(C)=O)[C@H](OC[C@H]2O[C@@H](Sc3ccccc3)[C@H](OCc3ccccc3)[C@@H](OCc3ccccc3)[C@H]2OCc2ccccc2)O[C@H](COC(c2ccccc2)(c2ccccc2)c2ccccc2)[C@H]1OC(C)=O. The molecule has 0 aliphatic carbocycles. The molecule has 7 aromatic carbocycles. The van der Waals surface area contributed by atoms with Crippen molar-refractivity contribution in [3.05, 3.63) is 246 Å². The molecule has 78 heavy (non-hydrogen) atoms. The van der Waals surface area contributed by atoms with Crippen LogP contribution in [0, 0.1) is 0 Å². The summed E-state index contributed by atoms with van der Waals surface area (Å²) < 4.78 is 67.1. The first-order valence-electron chi connectivity index (χ1n) is 26.1. The molecule has 0 amide bonds. The van der Waals surface area contributed by atoms with Crippen LogP contribution in [0.1, 0.15) is 54.2 Å². The molecule has 13 nitrogen and oxygen atoms in total. The lowest BCUT2D eigenvalue weighted by atomic mass is 9.80. The smallest absolute Gasteiger partial charge is 0.303 e. The fourth-order valence-corrected chi connectivity index (χ4v) is 11.0. The van der Waals surface area contributed by atoms with Crippen LogP contribution < -0.4 is 0 Å². The number of carbonyl (C=O) groups excluding carboxylic acids is 3. The van der Waals surface area contributed by atoms with Gasteiger partial charge in [-0.15, -0.1) is 0 Å². The Morgan fingerprint density at radius 1 is 0.397 bits per heavy atom. The molecule has 14 heteroatoms. The zero-order chi connectivity index (χ0) is 54.1. The van der Waals surface area contributed by atoms with E-state index in [0.29, 0.717) is 0 Å². The van der Waals surface area contributed by atoms with E-state index < -0.39 is 84.1 Å². The van der Waals surface area contributed by atoms with Crippen LogP contribution in [-0.4, -0.2) is 91.7 Å². The average Bonchev–Trinajstić information content (AvgIpc) is 3.52. The standard InChI is InChI=1S/C64H64O13S/c1-44(65)73-57-55(43-72-64(50-31-17-7-18-32-50,51-33-19-8-20-34-51)52-35-21-9-22-36-52)76-62(60(75-46(3)67)59(57)74-45(2)66)71-42-54-56(68-39-47-25-11-4-12-26-47)58(69-40-48-27-13-5-14-28-48)61(70-41-49-29-15-6-16-30-49)63(77-54)78-53-37-23-10-24-38-53/h4-38,54-63H,39-43H2,1-3H3/t54-,55-,56+,57-,58+,59+,60-,61-,62-,63+/m1/s1. The van der Waals surface area contributed by atoms with Crippen molar-refractivity contribution in [3.63, 3.8) is 0 Å². The number of hydrogen-bond acceptors (Lipinski definition) is 14. The second-order valence-corrected chi connectivity index (χ2v) is 20.1. The molecule has 0 bridgehead atoms. The van der Waals surface area contributed by atoms with Gasteiger partial charge in [0, 0.05) is 25.7 Å². The largest absolute Gasteiger partial charge is 0.456 e. The van der Waals surface area contributed by atoms with Crippen molar-refractivity contribution >= 4 is 29.7 Å². The van der Waals surface area contributed by atoms with Crippen LogP contribution in [0.2, 0.25) is 0 Å². The first kappa shape index (κ1) is 55.8. The lowest BCUT2D eigenvalue weighted by Gasteiger charge is -2.47. The van der Waals surface area contributed by atoms with Gasteiger partial charge < -0.3 is 47.4 Å². The molecule has 0 radical (unpaired) electrons. The molecule has 2 aliphatic rings. The van der Waals surface area contributed by atoms with E-state index in [0.717, 1.165) is 38.3 Å². The van der Waals surface area contributed by atoms with Crippen molar-refractivity contribution in [3.8, 4) is 0 Å². The highest BCUT2D eigenvalue weighted by Gasteiger charge is 2.55. The average molecular weight is 1070 g/mol. The van der Waals surface area contributed by atoms with Gasteiger partial charge in [-0.3, -0.25) is 14.4 Å². The number of esters is 3. The van der Waals surface area contributed by atoms with Crippen LogP contribution >= 0.6 is 11.8 Å². The number of rotatable bonds is 23. The molecule has 0 aromatic heterocycles. The maximum absolute atomic E-state index is 13.2. The molecule has 2 aliphatic heterocycles. The molecule has 7 aromatic rings. The Labute approximate surface area is 460 Å².